The van der Waals surface area contributed by atoms with E-state index in [4.69, 9.17) is 4.74 Å². The minimum absolute atomic E-state index is 0.460. The third-order valence-electron chi connectivity index (χ3n) is 4.53. The molecule has 2 aromatic rings. The van der Waals surface area contributed by atoms with Crippen LogP contribution >= 0.6 is 0 Å². The summed E-state index contributed by atoms with van der Waals surface area (Å²) < 4.78 is 5.38. The molecule has 0 unspecified atom stereocenters. The van der Waals surface area contributed by atoms with E-state index in [1.54, 1.807) is 19.4 Å². The molecule has 27 heavy (non-hydrogen) atoms. The lowest BCUT2D eigenvalue weighted by Crippen LogP contribution is -2.39. The van der Waals surface area contributed by atoms with Crippen LogP contribution in [0.5, 0.6) is 0 Å². The van der Waals surface area contributed by atoms with Crippen molar-refractivity contribution in [3.05, 3.63) is 54.4 Å². The second kappa shape index (κ2) is 9.14. The van der Waals surface area contributed by atoms with Crippen molar-refractivity contribution >= 4 is 23.2 Å². The Bertz CT molecular complexity index is 776. The summed E-state index contributed by atoms with van der Waals surface area (Å²) in [7, 11) is 1.64. The average molecular weight is 368 g/mol. The second-order valence-corrected chi connectivity index (χ2v) is 6.40. The highest BCUT2D eigenvalue weighted by atomic mass is 16.5. The quantitative estimate of drug-likeness (QED) is 0.811. The number of pyridine rings is 1. The molecule has 1 aliphatic heterocycles. The van der Waals surface area contributed by atoms with Gasteiger partial charge in [-0.25, -0.2) is 0 Å². The van der Waals surface area contributed by atoms with Crippen LogP contribution in [-0.2, 0) is 20.7 Å². The van der Waals surface area contributed by atoms with Gasteiger partial charge in [-0.1, -0.05) is 12.1 Å². The zero-order valence-corrected chi connectivity index (χ0v) is 15.4. The number of anilines is 2. The SMILES string of the molecule is CN(CCc1ccncc1)C(=O)C(=O)Nc1ccccc1N1CCOCC1. The Kier molecular flexibility index (Phi) is 6.38. The zero-order chi connectivity index (χ0) is 19.1. The predicted octanol–water partition coefficient (Wildman–Crippen LogP) is 1.56. The van der Waals surface area contributed by atoms with E-state index in [1.165, 1.54) is 4.90 Å². The van der Waals surface area contributed by atoms with Gasteiger partial charge in [0.25, 0.3) is 0 Å². The third-order valence-corrected chi connectivity index (χ3v) is 4.53. The van der Waals surface area contributed by atoms with Gasteiger partial charge in [0, 0.05) is 39.1 Å². The molecule has 1 aliphatic rings. The monoisotopic (exact) mass is 368 g/mol. The zero-order valence-electron chi connectivity index (χ0n) is 15.4. The fourth-order valence-electron chi connectivity index (χ4n) is 2.96. The first-order chi connectivity index (χ1) is 13.1. The fourth-order valence-corrected chi connectivity index (χ4v) is 2.96. The highest BCUT2D eigenvalue weighted by molar-refractivity contribution is 6.39. The lowest BCUT2D eigenvalue weighted by Gasteiger charge is -2.30. The van der Waals surface area contributed by atoms with Crippen LogP contribution in [0.4, 0.5) is 11.4 Å². The number of carbonyl (C=O) groups is 2. The first-order valence-corrected chi connectivity index (χ1v) is 9.02. The van der Waals surface area contributed by atoms with E-state index in [0.29, 0.717) is 31.9 Å². The summed E-state index contributed by atoms with van der Waals surface area (Å²) in [5.74, 6) is -1.19. The van der Waals surface area contributed by atoms with Crippen molar-refractivity contribution in [3.8, 4) is 0 Å². The molecule has 3 rings (SSSR count). The molecule has 1 fully saturated rings. The van der Waals surface area contributed by atoms with Gasteiger partial charge in [-0.2, -0.15) is 0 Å². The maximum atomic E-state index is 12.4. The van der Waals surface area contributed by atoms with Crippen molar-refractivity contribution in [1.82, 2.24) is 9.88 Å². The van der Waals surface area contributed by atoms with Gasteiger partial charge in [0.2, 0.25) is 0 Å². The molecule has 1 saturated heterocycles. The van der Waals surface area contributed by atoms with Gasteiger partial charge in [0.05, 0.1) is 24.6 Å². The molecule has 2 amide bonds. The standard InChI is InChI=1S/C20H24N4O3/c1-23(11-8-16-6-9-21-10-7-16)20(26)19(25)22-17-4-2-3-5-18(17)24-12-14-27-15-13-24/h2-7,9-10H,8,11-15H2,1H3,(H,22,25). The molecule has 0 atom stereocenters. The van der Waals surface area contributed by atoms with E-state index in [-0.39, 0.29) is 0 Å². The average Bonchev–Trinajstić information content (AvgIpc) is 2.73. The highest BCUT2D eigenvalue weighted by Crippen LogP contribution is 2.26. The molecular formula is C20H24N4O3. The van der Waals surface area contributed by atoms with Crippen LogP contribution in [-0.4, -0.2) is 61.6 Å². The minimum atomic E-state index is -0.632. The molecule has 0 spiro atoms. The van der Waals surface area contributed by atoms with E-state index in [2.05, 4.69) is 15.2 Å². The second-order valence-electron chi connectivity index (χ2n) is 6.40. The third kappa shape index (κ3) is 5.04. The van der Waals surface area contributed by atoms with Crippen LogP contribution in [0, 0.1) is 0 Å². The summed E-state index contributed by atoms with van der Waals surface area (Å²) in [6.45, 7) is 3.28. The molecule has 0 radical (unpaired) electrons. The Morgan fingerprint density at radius 2 is 1.85 bits per heavy atom. The number of likely N-dealkylation sites (N-methyl/N-ethyl adjacent to an activating group) is 1. The van der Waals surface area contributed by atoms with Crippen molar-refractivity contribution in [2.45, 2.75) is 6.42 Å². The van der Waals surface area contributed by atoms with Crippen LogP contribution in [0.3, 0.4) is 0 Å². The summed E-state index contributed by atoms with van der Waals surface area (Å²) in [6, 6.07) is 11.3. The number of benzene rings is 1. The number of nitrogens with one attached hydrogen (secondary N) is 1. The molecule has 7 nitrogen and oxygen atoms in total. The first kappa shape index (κ1) is 18.8. The number of ether oxygens (including phenoxy) is 1. The summed E-state index contributed by atoms with van der Waals surface area (Å²) in [4.78, 5) is 32.4. The topological polar surface area (TPSA) is 74.8 Å². The van der Waals surface area contributed by atoms with E-state index >= 15 is 0 Å². The Hall–Kier alpha value is -2.93. The summed E-state index contributed by atoms with van der Waals surface area (Å²) in [5.41, 5.74) is 2.62. The smallest absolute Gasteiger partial charge is 0.313 e. The van der Waals surface area contributed by atoms with Crippen molar-refractivity contribution in [3.63, 3.8) is 0 Å². The molecule has 0 aliphatic carbocycles. The summed E-state index contributed by atoms with van der Waals surface area (Å²) in [5, 5.41) is 2.76. The van der Waals surface area contributed by atoms with E-state index in [9.17, 15) is 9.59 Å². The number of rotatable bonds is 5. The fraction of sp³-hybridized carbons (Fsp3) is 0.350. The van der Waals surface area contributed by atoms with Gasteiger partial charge < -0.3 is 19.9 Å². The van der Waals surface area contributed by atoms with Gasteiger partial charge in [-0.15, -0.1) is 0 Å². The Morgan fingerprint density at radius 3 is 2.59 bits per heavy atom. The molecule has 0 saturated carbocycles. The largest absolute Gasteiger partial charge is 0.378 e. The molecule has 1 aromatic heterocycles. The lowest BCUT2D eigenvalue weighted by atomic mass is 10.2. The molecule has 142 valence electrons. The lowest BCUT2D eigenvalue weighted by molar-refractivity contribution is -0.142. The maximum absolute atomic E-state index is 12.4. The van der Waals surface area contributed by atoms with Crippen molar-refractivity contribution in [1.29, 1.82) is 0 Å². The van der Waals surface area contributed by atoms with E-state index in [0.717, 1.165) is 24.3 Å². The number of para-hydroxylation sites is 2. The number of hydrogen-bond acceptors (Lipinski definition) is 5. The van der Waals surface area contributed by atoms with Crippen LogP contribution < -0.4 is 10.2 Å². The van der Waals surface area contributed by atoms with Crippen molar-refractivity contribution < 1.29 is 14.3 Å². The number of morpholine rings is 1. The molecule has 1 aromatic carbocycles. The molecule has 2 heterocycles. The number of hydrogen-bond donors (Lipinski definition) is 1. The van der Waals surface area contributed by atoms with Crippen molar-refractivity contribution in [2.24, 2.45) is 0 Å². The Labute approximate surface area is 158 Å². The number of nitrogens with zero attached hydrogens (tertiary/aromatic N) is 3. The minimum Gasteiger partial charge on any atom is -0.378 e. The Morgan fingerprint density at radius 1 is 1.15 bits per heavy atom. The summed E-state index contributed by atoms with van der Waals surface area (Å²) >= 11 is 0. The predicted molar refractivity (Wildman–Crippen MR) is 104 cm³/mol. The van der Waals surface area contributed by atoms with Gasteiger partial charge in [-0.05, 0) is 36.2 Å². The van der Waals surface area contributed by atoms with Crippen LogP contribution in [0.25, 0.3) is 0 Å². The number of carbonyl (C=O) groups excluding carboxylic acids is 2. The van der Waals surface area contributed by atoms with E-state index < -0.39 is 11.8 Å². The number of aromatic nitrogens is 1. The molecule has 1 N–H and O–H groups in total. The van der Waals surface area contributed by atoms with Gasteiger partial charge >= 0.3 is 11.8 Å². The molecular weight excluding hydrogens is 344 g/mol. The molecule has 7 heteroatoms. The van der Waals surface area contributed by atoms with Crippen LogP contribution in [0.15, 0.2) is 48.8 Å². The van der Waals surface area contributed by atoms with Gasteiger partial charge in [0.1, 0.15) is 0 Å². The van der Waals surface area contributed by atoms with Crippen LogP contribution in [0.1, 0.15) is 5.56 Å². The Balaban J connectivity index is 1.60. The van der Waals surface area contributed by atoms with E-state index in [1.807, 2.05) is 36.4 Å². The highest BCUT2D eigenvalue weighted by Gasteiger charge is 2.21. The molecule has 0 bridgehead atoms. The summed E-state index contributed by atoms with van der Waals surface area (Å²) in [6.07, 6.45) is 4.10. The van der Waals surface area contributed by atoms with Gasteiger partial charge in [0.15, 0.2) is 0 Å². The normalized spacial score (nSPS) is 13.9. The first-order valence-electron chi connectivity index (χ1n) is 9.02. The van der Waals surface area contributed by atoms with Crippen LogP contribution in [0.2, 0.25) is 0 Å². The van der Waals surface area contributed by atoms with Crippen molar-refractivity contribution in [2.75, 3.05) is 50.1 Å². The van der Waals surface area contributed by atoms with Gasteiger partial charge in [-0.3, -0.25) is 14.6 Å². The maximum Gasteiger partial charge on any atom is 0.313 e. The number of amides is 2.